The van der Waals surface area contributed by atoms with Crippen LogP contribution in [0.1, 0.15) is 252 Å². The van der Waals surface area contributed by atoms with Gasteiger partial charge in [-0.15, -0.1) is 0 Å². The molecule has 0 aliphatic heterocycles. The van der Waals surface area contributed by atoms with Gasteiger partial charge in [-0.25, -0.2) is 0 Å². The molecule has 0 amide bonds. The summed E-state index contributed by atoms with van der Waals surface area (Å²) < 4.78 is 16.8. The molecule has 0 radical (unpaired) electrons. The molecule has 0 rings (SSSR count). The van der Waals surface area contributed by atoms with Crippen LogP contribution in [0.4, 0.5) is 0 Å². The summed E-state index contributed by atoms with van der Waals surface area (Å²) in [5.41, 5.74) is 0. The zero-order chi connectivity index (χ0) is 58.5. The molecule has 1 atom stereocenters. The molecule has 0 bridgehead atoms. The molecule has 0 aromatic rings. The molecule has 81 heavy (non-hydrogen) atoms. The van der Waals surface area contributed by atoms with Gasteiger partial charge in [0.2, 0.25) is 0 Å². The molecular formula is C75H116O6. The van der Waals surface area contributed by atoms with Crippen molar-refractivity contribution in [3.8, 4) is 0 Å². The summed E-state index contributed by atoms with van der Waals surface area (Å²) in [5.74, 6) is -1.06. The monoisotopic (exact) mass is 1110 g/mol. The van der Waals surface area contributed by atoms with Gasteiger partial charge in [0.15, 0.2) is 6.10 Å². The minimum Gasteiger partial charge on any atom is -0.462 e. The maximum atomic E-state index is 12.9. The van der Waals surface area contributed by atoms with Gasteiger partial charge in [-0.2, -0.15) is 0 Å². The summed E-state index contributed by atoms with van der Waals surface area (Å²) in [5, 5.41) is 0. The zero-order valence-corrected chi connectivity index (χ0v) is 51.7. The molecule has 0 spiro atoms. The van der Waals surface area contributed by atoms with Crippen LogP contribution < -0.4 is 0 Å². The van der Waals surface area contributed by atoms with E-state index in [1.807, 2.05) is 12.2 Å². The van der Waals surface area contributed by atoms with Gasteiger partial charge >= 0.3 is 17.9 Å². The highest BCUT2D eigenvalue weighted by molar-refractivity contribution is 5.71. The van der Waals surface area contributed by atoms with Gasteiger partial charge in [-0.05, 0) is 148 Å². The van der Waals surface area contributed by atoms with Gasteiger partial charge in [0.1, 0.15) is 13.2 Å². The summed E-state index contributed by atoms with van der Waals surface area (Å²) in [4.78, 5) is 38.3. The number of hydrogen-bond acceptors (Lipinski definition) is 6. The third-order valence-electron chi connectivity index (χ3n) is 12.9. The van der Waals surface area contributed by atoms with Crippen molar-refractivity contribution in [1.82, 2.24) is 0 Å². The van der Waals surface area contributed by atoms with Crippen molar-refractivity contribution in [2.45, 2.75) is 258 Å². The van der Waals surface area contributed by atoms with Crippen molar-refractivity contribution < 1.29 is 28.6 Å². The topological polar surface area (TPSA) is 78.9 Å². The minimum absolute atomic E-state index is 0.130. The first-order valence-electron chi connectivity index (χ1n) is 32.3. The third-order valence-corrected chi connectivity index (χ3v) is 12.9. The fraction of sp³-hybridized carbons (Fsp3) is 0.560. The summed E-state index contributed by atoms with van der Waals surface area (Å²) in [6.07, 6.45) is 100. The predicted molar refractivity (Wildman–Crippen MR) is 352 cm³/mol. The number of hydrogen-bond donors (Lipinski definition) is 0. The SMILES string of the molecule is CC/C=C\C/C=C\C/C=C\C/C=C\C/C=C\C/C=C\C/C=C\CCCCCC(=O)OCC(COC(=O)CCCCCCCCCCC/C=C\C/C=C\CCCCC)OC(=O)CC/C=C\C/C=C\C/C=C\C/C=C\C/C=C\C/C=C\CC. The van der Waals surface area contributed by atoms with Crippen LogP contribution in [-0.4, -0.2) is 37.2 Å². The molecule has 0 aromatic heterocycles. The van der Waals surface area contributed by atoms with Crippen LogP contribution in [0, 0.1) is 0 Å². The molecule has 0 N–H and O–H groups in total. The Morgan fingerprint density at radius 1 is 0.259 bits per heavy atom. The number of unbranched alkanes of at least 4 members (excludes halogenated alkanes) is 15. The highest BCUT2D eigenvalue weighted by Gasteiger charge is 2.19. The molecule has 6 heteroatoms. The molecule has 452 valence electrons. The molecule has 0 saturated heterocycles. The Labute approximate surface area is 497 Å². The van der Waals surface area contributed by atoms with Crippen LogP contribution >= 0.6 is 0 Å². The normalized spacial score (nSPS) is 13.4. The van der Waals surface area contributed by atoms with Crippen molar-refractivity contribution >= 4 is 17.9 Å². The Balaban J connectivity index is 4.59. The summed E-state index contributed by atoms with van der Waals surface area (Å²) in [6, 6.07) is 0. The van der Waals surface area contributed by atoms with Crippen molar-refractivity contribution in [2.75, 3.05) is 13.2 Å². The molecule has 6 nitrogen and oxygen atoms in total. The first-order chi connectivity index (χ1) is 40.0. The second-order valence-electron chi connectivity index (χ2n) is 20.5. The van der Waals surface area contributed by atoms with E-state index in [2.05, 4.69) is 191 Å². The van der Waals surface area contributed by atoms with Crippen LogP contribution in [-0.2, 0) is 28.6 Å². The second-order valence-corrected chi connectivity index (χ2v) is 20.5. The van der Waals surface area contributed by atoms with E-state index in [4.69, 9.17) is 14.2 Å². The Bertz CT molecular complexity index is 1900. The summed E-state index contributed by atoms with van der Waals surface area (Å²) >= 11 is 0. The average Bonchev–Trinajstić information content (AvgIpc) is 3.47. The number of carbonyl (C=O) groups is 3. The van der Waals surface area contributed by atoms with E-state index in [1.54, 1.807) is 0 Å². The predicted octanol–water partition coefficient (Wildman–Crippen LogP) is 22.4. The van der Waals surface area contributed by atoms with Gasteiger partial charge in [-0.1, -0.05) is 267 Å². The molecule has 0 aliphatic rings. The van der Waals surface area contributed by atoms with Crippen LogP contribution in [0.2, 0.25) is 0 Å². The van der Waals surface area contributed by atoms with E-state index in [0.717, 1.165) is 135 Å². The molecule has 0 aromatic carbocycles. The Morgan fingerprint density at radius 3 is 0.815 bits per heavy atom. The number of allylic oxidation sites excluding steroid dienone is 30. The van der Waals surface area contributed by atoms with Crippen LogP contribution in [0.25, 0.3) is 0 Å². The smallest absolute Gasteiger partial charge is 0.306 e. The zero-order valence-electron chi connectivity index (χ0n) is 51.7. The molecule has 0 aliphatic carbocycles. The summed E-state index contributed by atoms with van der Waals surface area (Å²) in [6.45, 7) is 6.29. The lowest BCUT2D eigenvalue weighted by Gasteiger charge is -2.18. The van der Waals surface area contributed by atoms with Crippen molar-refractivity contribution in [3.05, 3.63) is 182 Å². The average molecular weight is 1110 g/mol. The molecule has 0 heterocycles. The Hall–Kier alpha value is -5.49. The lowest BCUT2D eigenvalue weighted by molar-refractivity contribution is -0.166. The molecule has 0 saturated carbocycles. The molecule has 1 unspecified atom stereocenters. The van der Waals surface area contributed by atoms with Crippen LogP contribution in [0.15, 0.2) is 182 Å². The van der Waals surface area contributed by atoms with E-state index in [1.165, 1.54) is 70.6 Å². The molecular weight excluding hydrogens is 997 g/mol. The maximum absolute atomic E-state index is 12.9. The van der Waals surface area contributed by atoms with E-state index in [9.17, 15) is 14.4 Å². The van der Waals surface area contributed by atoms with Crippen molar-refractivity contribution in [3.63, 3.8) is 0 Å². The van der Waals surface area contributed by atoms with Gasteiger partial charge in [0, 0.05) is 19.3 Å². The van der Waals surface area contributed by atoms with Crippen LogP contribution in [0.3, 0.4) is 0 Å². The van der Waals surface area contributed by atoms with E-state index in [-0.39, 0.29) is 31.6 Å². The maximum Gasteiger partial charge on any atom is 0.306 e. The second kappa shape index (κ2) is 67.0. The Kier molecular flexibility index (Phi) is 62.5. The lowest BCUT2D eigenvalue weighted by Crippen LogP contribution is -2.30. The number of esters is 3. The highest BCUT2D eigenvalue weighted by Crippen LogP contribution is 2.14. The van der Waals surface area contributed by atoms with Crippen LogP contribution in [0.5, 0.6) is 0 Å². The largest absolute Gasteiger partial charge is 0.462 e. The number of carbonyl (C=O) groups excluding carboxylic acids is 3. The van der Waals surface area contributed by atoms with E-state index < -0.39 is 12.1 Å². The van der Waals surface area contributed by atoms with Crippen molar-refractivity contribution in [1.29, 1.82) is 0 Å². The minimum atomic E-state index is -0.847. The van der Waals surface area contributed by atoms with E-state index in [0.29, 0.717) is 19.3 Å². The number of rotatable bonds is 56. The lowest BCUT2D eigenvalue weighted by atomic mass is 10.1. The quantitative estimate of drug-likeness (QED) is 0.0261. The molecule has 0 fully saturated rings. The first-order valence-corrected chi connectivity index (χ1v) is 32.3. The highest BCUT2D eigenvalue weighted by atomic mass is 16.6. The van der Waals surface area contributed by atoms with E-state index >= 15 is 0 Å². The fourth-order valence-corrected chi connectivity index (χ4v) is 8.12. The standard InChI is InChI=1S/C75H116O6/c1-4-7-10-13-16-19-22-25-28-31-34-35-36-37-38-39-42-44-47-50-53-56-59-62-65-68-74(77)80-71-72(81-75(78)69-66-63-60-57-54-51-48-45-41-33-30-27-24-21-18-15-12-9-6-3)70-79-73(76)67-64-61-58-55-52-49-46-43-40-32-29-26-23-20-17-14-11-8-5-2/h7,9-10,12,16-21,25-30,34-35,37-38,41-42,44-45,50-51,53-54,60,63,72H,4-6,8,11,13-15,22-24,31-33,36,39-40,43,46-49,52,55-59,61-62,64-71H2,1-3H3/b10-7-,12-9-,19-16-,20-17-,21-18-,28-25-,29-26-,30-27-,35-34-,38-37-,44-42-,45-41-,53-50-,54-51-,63-60-. The first kappa shape index (κ1) is 75.5. The number of ether oxygens (including phenoxy) is 3. The fourth-order valence-electron chi connectivity index (χ4n) is 8.12. The van der Waals surface area contributed by atoms with Gasteiger partial charge in [0.05, 0.1) is 0 Å². The van der Waals surface area contributed by atoms with Gasteiger partial charge in [0.25, 0.3) is 0 Å². The summed E-state index contributed by atoms with van der Waals surface area (Å²) in [7, 11) is 0. The third kappa shape index (κ3) is 65.2. The van der Waals surface area contributed by atoms with Gasteiger partial charge in [-0.3, -0.25) is 14.4 Å². The van der Waals surface area contributed by atoms with Gasteiger partial charge < -0.3 is 14.2 Å². The van der Waals surface area contributed by atoms with Crippen molar-refractivity contribution in [2.24, 2.45) is 0 Å². The Morgan fingerprint density at radius 2 is 0.506 bits per heavy atom.